The lowest BCUT2D eigenvalue weighted by Gasteiger charge is -2.09. The molecule has 8 nitrogen and oxygen atoms in total. The average Bonchev–Trinajstić information content (AvgIpc) is 3.18. The molecule has 154 valence electrons. The number of hydrogen-bond acceptors (Lipinski definition) is 5. The zero-order valence-electron chi connectivity index (χ0n) is 16.9. The molecule has 3 aromatic heterocycles. The summed E-state index contributed by atoms with van der Waals surface area (Å²) < 4.78 is 4.09. The lowest BCUT2D eigenvalue weighted by atomic mass is 10.2. The molecule has 4 heterocycles. The van der Waals surface area contributed by atoms with Crippen LogP contribution in [0.3, 0.4) is 0 Å². The number of fused-ring (bicyclic) bond motifs is 1. The SMILES string of the molecule is O=C(Nc1cccc(-c2nnc3n2CCC3)c1)c1cc(-n2cnc(C3CC3)c2)ccn1. The van der Waals surface area contributed by atoms with E-state index in [9.17, 15) is 4.79 Å². The molecule has 31 heavy (non-hydrogen) atoms. The van der Waals surface area contributed by atoms with E-state index in [1.54, 1.807) is 18.6 Å². The van der Waals surface area contributed by atoms with E-state index in [2.05, 4.69) is 30.0 Å². The molecule has 1 aromatic carbocycles. The largest absolute Gasteiger partial charge is 0.321 e. The average molecular weight is 411 g/mol. The number of nitrogens with zero attached hydrogens (tertiary/aromatic N) is 6. The van der Waals surface area contributed by atoms with Gasteiger partial charge < -0.3 is 14.5 Å². The van der Waals surface area contributed by atoms with Gasteiger partial charge in [0.25, 0.3) is 5.91 Å². The molecule has 1 saturated carbocycles. The van der Waals surface area contributed by atoms with Crippen LogP contribution >= 0.6 is 0 Å². The number of aromatic nitrogens is 6. The number of rotatable bonds is 5. The van der Waals surface area contributed by atoms with Gasteiger partial charge in [-0.2, -0.15) is 0 Å². The molecule has 0 atom stereocenters. The predicted octanol–water partition coefficient (Wildman–Crippen LogP) is 3.60. The maximum absolute atomic E-state index is 12.9. The molecular weight excluding hydrogens is 390 g/mol. The Morgan fingerprint density at radius 3 is 2.94 bits per heavy atom. The van der Waals surface area contributed by atoms with Crippen LogP contribution in [0, 0.1) is 0 Å². The van der Waals surface area contributed by atoms with Gasteiger partial charge in [0.05, 0.1) is 17.7 Å². The van der Waals surface area contributed by atoms with Crippen molar-refractivity contribution < 1.29 is 4.79 Å². The number of carbonyl (C=O) groups excluding carboxylic acids is 1. The molecule has 0 radical (unpaired) electrons. The van der Waals surface area contributed by atoms with Crippen LogP contribution in [-0.2, 0) is 13.0 Å². The first kappa shape index (κ1) is 18.0. The first-order chi connectivity index (χ1) is 15.2. The van der Waals surface area contributed by atoms with Crippen molar-refractivity contribution in [2.75, 3.05) is 5.32 Å². The Bertz CT molecular complexity index is 1280. The third-order valence-corrected chi connectivity index (χ3v) is 5.86. The summed E-state index contributed by atoms with van der Waals surface area (Å²) in [6.07, 6.45) is 9.95. The van der Waals surface area contributed by atoms with E-state index in [4.69, 9.17) is 0 Å². The standard InChI is InChI=1S/C23H21N7O/c31-23(19-12-18(8-9-24-19)29-13-20(25-14-29)15-6-7-15)26-17-4-1-3-16(11-17)22-28-27-21-5-2-10-30(21)22/h1,3-4,8-9,11-15H,2,5-7,10H2,(H,26,31). The van der Waals surface area contributed by atoms with Gasteiger partial charge in [-0.1, -0.05) is 12.1 Å². The zero-order chi connectivity index (χ0) is 20.8. The second-order valence-electron chi connectivity index (χ2n) is 8.11. The van der Waals surface area contributed by atoms with Crippen molar-refractivity contribution in [2.24, 2.45) is 0 Å². The number of anilines is 1. The summed E-state index contributed by atoms with van der Waals surface area (Å²) >= 11 is 0. The van der Waals surface area contributed by atoms with Gasteiger partial charge in [-0.25, -0.2) is 4.98 Å². The van der Waals surface area contributed by atoms with Gasteiger partial charge in [-0.05, 0) is 43.5 Å². The highest BCUT2D eigenvalue weighted by Crippen LogP contribution is 2.39. The fourth-order valence-electron chi connectivity index (χ4n) is 4.07. The van der Waals surface area contributed by atoms with Gasteiger partial charge in [-0.3, -0.25) is 9.78 Å². The van der Waals surface area contributed by atoms with Gasteiger partial charge in [0, 0.05) is 42.5 Å². The second kappa shape index (κ2) is 7.16. The fourth-order valence-corrected chi connectivity index (χ4v) is 4.07. The van der Waals surface area contributed by atoms with Crippen molar-refractivity contribution in [1.82, 2.24) is 29.3 Å². The molecule has 0 unspecified atom stereocenters. The monoisotopic (exact) mass is 411 g/mol. The first-order valence-corrected chi connectivity index (χ1v) is 10.6. The Hall–Kier alpha value is -3.81. The highest BCUT2D eigenvalue weighted by Gasteiger charge is 2.26. The number of benzene rings is 1. The number of carbonyl (C=O) groups is 1. The summed E-state index contributed by atoms with van der Waals surface area (Å²) in [5.41, 5.74) is 3.97. The number of hydrogen-bond donors (Lipinski definition) is 1. The maximum Gasteiger partial charge on any atom is 0.274 e. The van der Waals surface area contributed by atoms with Crippen LogP contribution in [0.15, 0.2) is 55.1 Å². The van der Waals surface area contributed by atoms with Gasteiger partial charge in [0.15, 0.2) is 5.82 Å². The van der Waals surface area contributed by atoms with Crippen LogP contribution < -0.4 is 5.32 Å². The Kier molecular flexibility index (Phi) is 4.15. The molecule has 0 bridgehead atoms. The number of pyridine rings is 1. The molecule has 0 saturated heterocycles. The van der Waals surface area contributed by atoms with E-state index in [1.807, 2.05) is 41.1 Å². The van der Waals surface area contributed by atoms with E-state index in [-0.39, 0.29) is 5.91 Å². The van der Waals surface area contributed by atoms with E-state index in [1.165, 1.54) is 12.8 Å². The van der Waals surface area contributed by atoms with Crippen molar-refractivity contribution in [3.8, 4) is 17.1 Å². The van der Waals surface area contributed by atoms with Crippen molar-refractivity contribution in [1.29, 1.82) is 0 Å². The quantitative estimate of drug-likeness (QED) is 0.542. The van der Waals surface area contributed by atoms with E-state index in [0.29, 0.717) is 17.3 Å². The number of aryl methyl sites for hydroxylation is 1. The minimum absolute atomic E-state index is 0.256. The first-order valence-electron chi connectivity index (χ1n) is 10.6. The minimum Gasteiger partial charge on any atom is -0.321 e. The number of imidazole rings is 1. The van der Waals surface area contributed by atoms with Crippen LogP contribution in [0.2, 0.25) is 0 Å². The van der Waals surface area contributed by atoms with Crippen LogP contribution in [0.25, 0.3) is 17.1 Å². The van der Waals surface area contributed by atoms with Crippen molar-refractivity contribution >= 4 is 11.6 Å². The van der Waals surface area contributed by atoms with E-state index in [0.717, 1.165) is 48.0 Å². The van der Waals surface area contributed by atoms with Gasteiger partial charge >= 0.3 is 0 Å². The van der Waals surface area contributed by atoms with Crippen molar-refractivity contribution in [2.45, 2.75) is 38.1 Å². The topological polar surface area (TPSA) is 90.5 Å². The molecule has 4 aromatic rings. The maximum atomic E-state index is 12.9. The summed E-state index contributed by atoms with van der Waals surface area (Å²) in [6.45, 7) is 0.932. The van der Waals surface area contributed by atoms with Crippen LogP contribution in [0.1, 0.15) is 47.2 Å². The Morgan fingerprint density at radius 2 is 2.03 bits per heavy atom. The summed E-state index contributed by atoms with van der Waals surface area (Å²) in [5, 5.41) is 11.6. The van der Waals surface area contributed by atoms with Gasteiger partial charge in [0.1, 0.15) is 11.5 Å². The van der Waals surface area contributed by atoms with E-state index >= 15 is 0 Å². The molecule has 1 fully saturated rings. The van der Waals surface area contributed by atoms with Crippen molar-refractivity contribution in [3.05, 3.63) is 72.3 Å². The molecule has 8 heteroatoms. The van der Waals surface area contributed by atoms with Crippen molar-refractivity contribution in [3.63, 3.8) is 0 Å². The number of amides is 1. The molecule has 2 aliphatic rings. The molecule has 0 spiro atoms. The summed E-state index contributed by atoms with van der Waals surface area (Å²) in [7, 11) is 0. The summed E-state index contributed by atoms with van der Waals surface area (Å²) in [4.78, 5) is 21.6. The van der Waals surface area contributed by atoms with E-state index < -0.39 is 0 Å². The molecule has 1 amide bonds. The van der Waals surface area contributed by atoms with Crippen LogP contribution in [0.5, 0.6) is 0 Å². The van der Waals surface area contributed by atoms with Crippen LogP contribution in [0.4, 0.5) is 5.69 Å². The molecule has 6 rings (SSSR count). The summed E-state index contributed by atoms with van der Waals surface area (Å²) in [5.74, 6) is 2.20. The third kappa shape index (κ3) is 3.39. The number of nitrogens with one attached hydrogen (secondary N) is 1. The minimum atomic E-state index is -0.256. The molecular formula is C23H21N7O. The molecule has 1 aliphatic carbocycles. The Balaban J connectivity index is 1.23. The van der Waals surface area contributed by atoms with Gasteiger partial charge in [0.2, 0.25) is 0 Å². The highest BCUT2D eigenvalue weighted by molar-refractivity contribution is 6.03. The lowest BCUT2D eigenvalue weighted by Crippen LogP contribution is -2.14. The second-order valence-corrected chi connectivity index (χ2v) is 8.11. The summed E-state index contributed by atoms with van der Waals surface area (Å²) in [6, 6.07) is 11.3. The predicted molar refractivity (Wildman–Crippen MR) is 115 cm³/mol. The Morgan fingerprint density at radius 1 is 1.10 bits per heavy atom. The zero-order valence-corrected chi connectivity index (χ0v) is 16.9. The third-order valence-electron chi connectivity index (χ3n) is 5.86. The molecule has 1 aliphatic heterocycles. The Labute approximate surface area is 179 Å². The van der Waals surface area contributed by atoms with Crippen LogP contribution in [-0.4, -0.2) is 35.2 Å². The fraction of sp³-hybridized carbons (Fsp3) is 0.261. The normalized spacial score (nSPS) is 15.1. The molecule has 1 N–H and O–H groups in total. The smallest absolute Gasteiger partial charge is 0.274 e. The highest BCUT2D eigenvalue weighted by atomic mass is 16.1. The lowest BCUT2D eigenvalue weighted by molar-refractivity contribution is 0.102. The van der Waals surface area contributed by atoms with Gasteiger partial charge in [-0.15, -0.1) is 10.2 Å².